The number of hydrogen-bond donors (Lipinski definition) is 2. The standard InChI is InChI=1S/C13H20ClNO/c1-11-6-7-13(12(14)10-11)15-8-4-2-3-5-9-16/h6-7,10,15-16H,2-5,8-9H2,1H3. The average molecular weight is 242 g/mol. The zero-order chi connectivity index (χ0) is 11.8. The van der Waals surface area contributed by atoms with Gasteiger partial charge >= 0.3 is 0 Å². The van der Waals surface area contributed by atoms with Crippen molar-refractivity contribution in [2.45, 2.75) is 32.6 Å². The van der Waals surface area contributed by atoms with Gasteiger partial charge in [-0.1, -0.05) is 30.5 Å². The minimum atomic E-state index is 0.303. The summed E-state index contributed by atoms with van der Waals surface area (Å²) in [6.07, 6.45) is 4.27. The molecule has 0 amide bonds. The lowest BCUT2D eigenvalue weighted by molar-refractivity contribution is 0.283. The van der Waals surface area contributed by atoms with Crippen molar-refractivity contribution in [2.24, 2.45) is 0 Å². The largest absolute Gasteiger partial charge is 0.396 e. The Balaban J connectivity index is 2.21. The Hall–Kier alpha value is -0.730. The molecule has 0 radical (unpaired) electrons. The molecule has 0 aromatic heterocycles. The summed E-state index contributed by atoms with van der Waals surface area (Å²) < 4.78 is 0. The predicted molar refractivity (Wildman–Crippen MR) is 70.2 cm³/mol. The number of aliphatic hydroxyl groups is 1. The van der Waals surface area contributed by atoms with Gasteiger partial charge in [0, 0.05) is 13.2 Å². The Morgan fingerprint density at radius 1 is 1.19 bits per heavy atom. The summed E-state index contributed by atoms with van der Waals surface area (Å²) in [7, 11) is 0. The quantitative estimate of drug-likeness (QED) is 0.715. The summed E-state index contributed by atoms with van der Waals surface area (Å²) in [4.78, 5) is 0. The van der Waals surface area contributed by atoms with Gasteiger partial charge < -0.3 is 10.4 Å². The fourth-order valence-corrected chi connectivity index (χ4v) is 1.88. The first kappa shape index (κ1) is 13.3. The molecule has 0 aliphatic heterocycles. The van der Waals surface area contributed by atoms with Crippen LogP contribution in [0, 0.1) is 6.92 Å². The molecule has 1 aromatic carbocycles. The third-order valence-corrected chi connectivity index (χ3v) is 2.84. The number of hydrogen-bond acceptors (Lipinski definition) is 2. The highest BCUT2D eigenvalue weighted by Crippen LogP contribution is 2.22. The van der Waals surface area contributed by atoms with E-state index in [0.29, 0.717) is 6.61 Å². The molecule has 90 valence electrons. The summed E-state index contributed by atoms with van der Waals surface area (Å²) in [6.45, 7) is 3.27. The topological polar surface area (TPSA) is 32.3 Å². The number of nitrogens with one attached hydrogen (secondary N) is 1. The van der Waals surface area contributed by atoms with Gasteiger partial charge in [-0.25, -0.2) is 0 Å². The fourth-order valence-electron chi connectivity index (χ4n) is 1.58. The van der Waals surface area contributed by atoms with Crippen LogP contribution in [0.1, 0.15) is 31.2 Å². The molecule has 2 nitrogen and oxygen atoms in total. The molecule has 0 saturated carbocycles. The van der Waals surface area contributed by atoms with Crippen molar-refractivity contribution in [3.63, 3.8) is 0 Å². The monoisotopic (exact) mass is 241 g/mol. The van der Waals surface area contributed by atoms with Crippen molar-refractivity contribution in [1.29, 1.82) is 0 Å². The molecule has 0 heterocycles. The van der Waals surface area contributed by atoms with E-state index in [0.717, 1.165) is 42.9 Å². The van der Waals surface area contributed by atoms with Crippen LogP contribution >= 0.6 is 11.6 Å². The van der Waals surface area contributed by atoms with Crippen LogP contribution in [0.2, 0.25) is 5.02 Å². The van der Waals surface area contributed by atoms with Gasteiger partial charge in [0.2, 0.25) is 0 Å². The van der Waals surface area contributed by atoms with Crippen LogP contribution in [0.4, 0.5) is 5.69 Å². The summed E-state index contributed by atoms with van der Waals surface area (Å²) in [5, 5.41) is 12.7. The van der Waals surface area contributed by atoms with E-state index in [-0.39, 0.29) is 0 Å². The van der Waals surface area contributed by atoms with E-state index in [9.17, 15) is 0 Å². The van der Waals surface area contributed by atoms with Crippen LogP contribution in [0.15, 0.2) is 18.2 Å². The first-order valence-electron chi connectivity index (χ1n) is 5.85. The Bertz CT molecular complexity index is 315. The maximum absolute atomic E-state index is 8.63. The third-order valence-electron chi connectivity index (χ3n) is 2.52. The van der Waals surface area contributed by atoms with E-state index >= 15 is 0 Å². The van der Waals surface area contributed by atoms with E-state index in [2.05, 4.69) is 11.4 Å². The molecule has 0 aliphatic carbocycles. The lowest BCUT2D eigenvalue weighted by atomic mass is 10.2. The van der Waals surface area contributed by atoms with Crippen LogP contribution in [0.5, 0.6) is 0 Å². The molecule has 3 heteroatoms. The minimum absolute atomic E-state index is 0.303. The average Bonchev–Trinajstić information content (AvgIpc) is 2.26. The van der Waals surface area contributed by atoms with Gasteiger partial charge in [-0.3, -0.25) is 0 Å². The van der Waals surface area contributed by atoms with Gasteiger partial charge in [-0.2, -0.15) is 0 Å². The predicted octanol–water partition coefficient (Wildman–Crippen LogP) is 3.61. The first-order chi connectivity index (χ1) is 7.74. The molecule has 0 unspecified atom stereocenters. The Labute approximate surface area is 103 Å². The Kier molecular flexibility index (Phi) is 6.27. The molecule has 0 atom stereocenters. The summed E-state index contributed by atoms with van der Waals surface area (Å²) in [5.41, 5.74) is 2.19. The van der Waals surface area contributed by atoms with Gasteiger partial charge in [-0.15, -0.1) is 0 Å². The number of aliphatic hydroxyl groups excluding tert-OH is 1. The second kappa shape index (κ2) is 7.53. The van der Waals surface area contributed by atoms with E-state index in [1.165, 1.54) is 5.56 Å². The molecule has 1 rings (SSSR count). The molecule has 0 aliphatic rings. The number of benzene rings is 1. The maximum atomic E-state index is 8.63. The van der Waals surface area contributed by atoms with Crippen LogP contribution in [-0.4, -0.2) is 18.3 Å². The van der Waals surface area contributed by atoms with Gasteiger partial charge in [0.1, 0.15) is 0 Å². The van der Waals surface area contributed by atoms with Crippen LogP contribution in [-0.2, 0) is 0 Å². The molecule has 16 heavy (non-hydrogen) atoms. The van der Waals surface area contributed by atoms with Crippen molar-refractivity contribution in [3.05, 3.63) is 28.8 Å². The van der Waals surface area contributed by atoms with Gasteiger partial charge in [0.05, 0.1) is 10.7 Å². The number of unbranched alkanes of at least 4 members (excludes halogenated alkanes) is 3. The van der Waals surface area contributed by atoms with Crippen LogP contribution in [0.25, 0.3) is 0 Å². The molecular weight excluding hydrogens is 222 g/mol. The van der Waals surface area contributed by atoms with Gasteiger partial charge in [0.15, 0.2) is 0 Å². The number of halogens is 1. The number of rotatable bonds is 7. The highest BCUT2D eigenvalue weighted by Gasteiger charge is 1.98. The van der Waals surface area contributed by atoms with Crippen LogP contribution < -0.4 is 5.32 Å². The summed E-state index contributed by atoms with van der Waals surface area (Å²) in [5.74, 6) is 0. The van der Waals surface area contributed by atoms with Crippen molar-refractivity contribution in [2.75, 3.05) is 18.5 Å². The second-order valence-corrected chi connectivity index (χ2v) is 4.46. The molecule has 0 saturated heterocycles. The Morgan fingerprint density at radius 3 is 2.62 bits per heavy atom. The molecule has 0 bridgehead atoms. The van der Waals surface area contributed by atoms with Crippen molar-refractivity contribution in [3.8, 4) is 0 Å². The fraction of sp³-hybridized carbons (Fsp3) is 0.538. The lowest BCUT2D eigenvalue weighted by Gasteiger charge is -2.08. The maximum Gasteiger partial charge on any atom is 0.0640 e. The second-order valence-electron chi connectivity index (χ2n) is 4.05. The van der Waals surface area contributed by atoms with Gasteiger partial charge in [-0.05, 0) is 37.5 Å². The highest BCUT2D eigenvalue weighted by atomic mass is 35.5. The van der Waals surface area contributed by atoms with Crippen molar-refractivity contribution < 1.29 is 5.11 Å². The minimum Gasteiger partial charge on any atom is -0.396 e. The first-order valence-corrected chi connectivity index (χ1v) is 6.22. The normalized spacial score (nSPS) is 10.4. The lowest BCUT2D eigenvalue weighted by Crippen LogP contribution is -2.02. The molecule has 0 fully saturated rings. The SMILES string of the molecule is Cc1ccc(NCCCCCCO)c(Cl)c1. The third kappa shape index (κ3) is 4.86. The number of anilines is 1. The highest BCUT2D eigenvalue weighted by molar-refractivity contribution is 6.33. The van der Waals surface area contributed by atoms with E-state index in [1.807, 2.05) is 19.1 Å². The zero-order valence-corrected chi connectivity index (χ0v) is 10.6. The summed E-state index contributed by atoms with van der Waals surface area (Å²) >= 11 is 6.10. The van der Waals surface area contributed by atoms with E-state index in [4.69, 9.17) is 16.7 Å². The van der Waals surface area contributed by atoms with E-state index < -0.39 is 0 Å². The van der Waals surface area contributed by atoms with E-state index in [1.54, 1.807) is 0 Å². The molecular formula is C13H20ClNO. The molecule has 2 N–H and O–H groups in total. The van der Waals surface area contributed by atoms with Crippen molar-refractivity contribution >= 4 is 17.3 Å². The molecule has 1 aromatic rings. The molecule has 0 spiro atoms. The smallest absolute Gasteiger partial charge is 0.0640 e. The summed E-state index contributed by atoms with van der Waals surface area (Å²) in [6, 6.07) is 6.04. The zero-order valence-electron chi connectivity index (χ0n) is 9.80. The van der Waals surface area contributed by atoms with Crippen LogP contribution in [0.3, 0.4) is 0 Å². The number of aryl methyl sites for hydroxylation is 1. The van der Waals surface area contributed by atoms with Gasteiger partial charge in [0.25, 0.3) is 0 Å². The Morgan fingerprint density at radius 2 is 1.94 bits per heavy atom. The van der Waals surface area contributed by atoms with Crippen molar-refractivity contribution in [1.82, 2.24) is 0 Å².